The molecule has 0 spiro atoms. The summed E-state index contributed by atoms with van der Waals surface area (Å²) in [6, 6.07) is -0.0301. The molecule has 1 atom stereocenters. The Balaban J connectivity index is 0. The zero-order valence-electron chi connectivity index (χ0n) is 7.00. The number of carbonyl (C=O) groups excluding carboxylic acids is 1. The molecule has 3 nitrogen and oxygen atoms in total. The number of rotatable bonds is 4. The van der Waals surface area contributed by atoms with Crippen molar-refractivity contribution < 1.29 is 9.53 Å². The molecule has 0 rings (SSSR count). The van der Waals surface area contributed by atoms with Crippen LogP contribution in [0.4, 0.5) is 0 Å². The number of nitrogens with two attached hydrogens (primary N) is 1. The van der Waals surface area contributed by atoms with Gasteiger partial charge in [-0.25, -0.2) is 0 Å². The molecule has 0 aliphatic carbocycles. The third kappa shape index (κ3) is 7.62. The van der Waals surface area contributed by atoms with Crippen molar-refractivity contribution in [1.82, 2.24) is 0 Å². The predicted octanol–water partition coefficient (Wildman–Crippen LogP) is 1.10. The maximum absolute atomic E-state index is 10.6. The standard InChI is InChI=1S/C7H15NO2.ClH/c1-3-4-6(8)5-7(9)10-2;/h6H,3-5,8H2,1-2H3;1H. The zero-order chi connectivity index (χ0) is 7.98. The predicted molar refractivity (Wildman–Crippen MR) is 46.8 cm³/mol. The molecule has 0 heterocycles. The first-order valence-electron chi connectivity index (χ1n) is 3.53. The molecule has 0 bridgehead atoms. The summed E-state index contributed by atoms with van der Waals surface area (Å²) in [5.41, 5.74) is 5.56. The van der Waals surface area contributed by atoms with E-state index >= 15 is 0 Å². The van der Waals surface area contributed by atoms with Crippen LogP contribution in [0, 0.1) is 0 Å². The minimum absolute atomic E-state index is 0. The third-order valence-corrected chi connectivity index (χ3v) is 1.32. The molecule has 1 unspecified atom stereocenters. The lowest BCUT2D eigenvalue weighted by Gasteiger charge is -2.06. The van der Waals surface area contributed by atoms with Gasteiger partial charge in [-0.3, -0.25) is 4.79 Å². The highest BCUT2D eigenvalue weighted by atomic mass is 35.5. The van der Waals surface area contributed by atoms with Gasteiger partial charge in [0.15, 0.2) is 0 Å². The molecule has 0 amide bonds. The number of esters is 1. The molecule has 0 fully saturated rings. The first-order valence-corrected chi connectivity index (χ1v) is 3.53. The highest BCUT2D eigenvalue weighted by molar-refractivity contribution is 5.85. The second-order valence-corrected chi connectivity index (χ2v) is 2.33. The van der Waals surface area contributed by atoms with Crippen LogP contribution in [0.2, 0.25) is 0 Å². The highest BCUT2D eigenvalue weighted by Crippen LogP contribution is 1.98. The van der Waals surface area contributed by atoms with Crippen molar-refractivity contribution in [3.63, 3.8) is 0 Å². The summed E-state index contributed by atoms with van der Waals surface area (Å²) in [5.74, 6) is -0.221. The van der Waals surface area contributed by atoms with Crippen molar-refractivity contribution in [2.45, 2.75) is 32.2 Å². The average molecular weight is 182 g/mol. The van der Waals surface area contributed by atoms with Gasteiger partial charge >= 0.3 is 5.97 Å². The van der Waals surface area contributed by atoms with E-state index in [1.54, 1.807) is 0 Å². The fourth-order valence-corrected chi connectivity index (χ4v) is 0.770. The van der Waals surface area contributed by atoms with E-state index in [-0.39, 0.29) is 24.4 Å². The maximum atomic E-state index is 10.6. The molecule has 4 heteroatoms. The fourth-order valence-electron chi connectivity index (χ4n) is 0.770. The van der Waals surface area contributed by atoms with Gasteiger partial charge in [-0.05, 0) is 6.42 Å². The van der Waals surface area contributed by atoms with Crippen LogP contribution in [0.5, 0.6) is 0 Å². The van der Waals surface area contributed by atoms with Crippen LogP contribution in [0.15, 0.2) is 0 Å². The van der Waals surface area contributed by atoms with Crippen molar-refractivity contribution in [3.05, 3.63) is 0 Å². The number of halogens is 1. The molecule has 0 aliphatic rings. The molecular formula is C7H16ClNO2. The summed E-state index contributed by atoms with van der Waals surface area (Å²) in [7, 11) is 1.38. The van der Waals surface area contributed by atoms with E-state index in [0.717, 1.165) is 12.8 Å². The van der Waals surface area contributed by atoms with Crippen LogP contribution < -0.4 is 5.73 Å². The molecule has 11 heavy (non-hydrogen) atoms. The number of ether oxygens (including phenoxy) is 1. The minimum atomic E-state index is -0.221. The number of methoxy groups -OCH3 is 1. The number of hydrogen-bond acceptors (Lipinski definition) is 3. The van der Waals surface area contributed by atoms with Crippen LogP contribution in [-0.4, -0.2) is 19.1 Å². The first kappa shape index (κ1) is 13.3. The van der Waals surface area contributed by atoms with Crippen molar-refractivity contribution >= 4 is 18.4 Å². The Hall–Kier alpha value is -0.280. The Labute approximate surface area is 73.7 Å². The van der Waals surface area contributed by atoms with Crippen molar-refractivity contribution in [2.24, 2.45) is 5.73 Å². The van der Waals surface area contributed by atoms with Crippen molar-refractivity contribution in [1.29, 1.82) is 0 Å². The van der Waals surface area contributed by atoms with Crippen molar-refractivity contribution in [3.8, 4) is 0 Å². The molecule has 0 aliphatic heterocycles. The third-order valence-electron chi connectivity index (χ3n) is 1.32. The molecule has 0 aromatic heterocycles. The van der Waals surface area contributed by atoms with Gasteiger partial charge in [0.25, 0.3) is 0 Å². The smallest absolute Gasteiger partial charge is 0.307 e. The van der Waals surface area contributed by atoms with Gasteiger partial charge < -0.3 is 10.5 Å². The lowest BCUT2D eigenvalue weighted by atomic mass is 10.1. The Kier molecular flexibility index (Phi) is 9.47. The maximum Gasteiger partial charge on any atom is 0.307 e. The molecule has 0 aromatic carbocycles. The van der Waals surface area contributed by atoms with Crippen molar-refractivity contribution in [2.75, 3.05) is 7.11 Å². The first-order chi connectivity index (χ1) is 4.70. The molecule has 0 aromatic rings. The van der Waals surface area contributed by atoms with Gasteiger partial charge in [-0.1, -0.05) is 13.3 Å². The SMILES string of the molecule is CCCC(N)CC(=O)OC.Cl. The van der Waals surface area contributed by atoms with Gasteiger partial charge in [-0.2, -0.15) is 0 Å². The van der Waals surface area contributed by atoms with E-state index in [1.807, 2.05) is 6.92 Å². The summed E-state index contributed by atoms with van der Waals surface area (Å²) in [5, 5.41) is 0. The minimum Gasteiger partial charge on any atom is -0.469 e. The lowest BCUT2D eigenvalue weighted by Crippen LogP contribution is -2.23. The molecular weight excluding hydrogens is 166 g/mol. The van der Waals surface area contributed by atoms with E-state index in [0.29, 0.717) is 6.42 Å². The monoisotopic (exact) mass is 181 g/mol. The topological polar surface area (TPSA) is 52.3 Å². The average Bonchev–Trinajstić information content (AvgIpc) is 1.88. The quantitative estimate of drug-likeness (QED) is 0.661. The highest BCUT2D eigenvalue weighted by Gasteiger charge is 2.07. The number of hydrogen-bond donors (Lipinski definition) is 1. The summed E-state index contributed by atoms with van der Waals surface area (Å²) < 4.78 is 4.45. The van der Waals surface area contributed by atoms with Crippen LogP contribution >= 0.6 is 12.4 Å². The molecule has 68 valence electrons. The van der Waals surface area contributed by atoms with Gasteiger partial charge in [-0.15, -0.1) is 12.4 Å². The summed E-state index contributed by atoms with van der Waals surface area (Å²) >= 11 is 0. The Morgan fingerprint density at radius 3 is 2.55 bits per heavy atom. The number of carbonyl (C=O) groups is 1. The Morgan fingerprint density at radius 2 is 2.18 bits per heavy atom. The van der Waals surface area contributed by atoms with Crippen LogP contribution in [0.3, 0.4) is 0 Å². The second-order valence-electron chi connectivity index (χ2n) is 2.33. The van der Waals surface area contributed by atoms with E-state index < -0.39 is 0 Å². The zero-order valence-corrected chi connectivity index (χ0v) is 7.82. The van der Waals surface area contributed by atoms with Crippen LogP contribution in [0.25, 0.3) is 0 Å². The van der Waals surface area contributed by atoms with Gasteiger partial charge in [0.1, 0.15) is 0 Å². The van der Waals surface area contributed by atoms with E-state index in [4.69, 9.17) is 5.73 Å². The lowest BCUT2D eigenvalue weighted by molar-refractivity contribution is -0.141. The Bertz CT molecular complexity index is 109. The summed E-state index contributed by atoms with van der Waals surface area (Å²) in [4.78, 5) is 10.6. The van der Waals surface area contributed by atoms with E-state index in [1.165, 1.54) is 7.11 Å². The molecule has 0 saturated carbocycles. The summed E-state index contributed by atoms with van der Waals surface area (Å²) in [6.07, 6.45) is 2.23. The fraction of sp³-hybridized carbons (Fsp3) is 0.857. The molecule has 0 radical (unpaired) electrons. The second kappa shape index (κ2) is 7.82. The summed E-state index contributed by atoms with van der Waals surface area (Å²) in [6.45, 7) is 2.04. The Morgan fingerprint density at radius 1 is 1.64 bits per heavy atom. The van der Waals surface area contributed by atoms with E-state index in [2.05, 4.69) is 4.74 Å². The van der Waals surface area contributed by atoms with Gasteiger partial charge in [0, 0.05) is 6.04 Å². The van der Waals surface area contributed by atoms with Crippen LogP contribution in [-0.2, 0) is 9.53 Å². The molecule has 2 N–H and O–H groups in total. The normalized spacial score (nSPS) is 11.5. The van der Waals surface area contributed by atoms with Gasteiger partial charge in [0.2, 0.25) is 0 Å². The largest absolute Gasteiger partial charge is 0.469 e. The van der Waals surface area contributed by atoms with Crippen LogP contribution in [0.1, 0.15) is 26.2 Å². The van der Waals surface area contributed by atoms with Gasteiger partial charge in [0.05, 0.1) is 13.5 Å². The van der Waals surface area contributed by atoms with E-state index in [9.17, 15) is 4.79 Å². The molecule has 0 saturated heterocycles.